The van der Waals surface area contributed by atoms with Crippen LogP contribution in [-0.4, -0.2) is 0 Å². The molecule has 4 rings (SSSR count). The van der Waals surface area contributed by atoms with Crippen molar-refractivity contribution >= 4 is 32.7 Å². The summed E-state index contributed by atoms with van der Waals surface area (Å²) in [7, 11) is 0. The zero-order chi connectivity index (χ0) is 19.6. The van der Waals surface area contributed by atoms with Crippen molar-refractivity contribution in [3.05, 3.63) is 69.9 Å². The predicted molar refractivity (Wildman–Crippen MR) is 87.5 cm³/mol. The van der Waals surface area contributed by atoms with E-state index in [0.29, 0.717) is 11.5 Å². The number of hydrogen-bond acceptors (Lipinski definition) is 2. The van der Waals surface area contributed by atoms with Crippen LogP contribution in [0.25, 0.3) is 32.7 Å². The molecule has 0 saturated heterocycles. The molecular weight excluding hydrogens is 374 g/mol. The Morgan fingerprint density at radius 2 is 1.22 bits per heavy atom. The molecule has 0 aliphatic carbocycles. The van der Waals surface area contributed by atoms with Gasteiger partial charge in [0.2, 0.25) is 5.43 Å². The number of hydrogen-bond donors (Lipinski definition) is 0. The molecule has 8 heteroatoms. The summed E-state index contributed by atoms with van der Waals surface area (Å²) in [6.07, 6.45) is -9.20. The number of fused-ring (bicyclic) bond motifs is 3. The monoisotopic (exact) mass is 382 g/mol. The minimum absolute atomic E-state index is 0.0354. The first-order chi connectivity index (χ1) is 12.5. The van der Waals surface area contributed by atoms with Gasteiger partial charge in [0.05, 0.1) is 21.9 Å². The van der Waals surface area contributed by atoms with Gasteiger partial charge in [-0.25, -0.2) is 0 Å². The van der Waals surface area contributed by atoms with Crippen molar-refractivity contribution in [2.45, 2.75) is 12.4 Å². The summed E-state index contributed by atoms with van der Waals surface area (Å²) in [5.41, 5.74) is -2.59. The fourth-order valence-electron chi connectivity index (χ4n) is 2.95. The molecule has 0 N–H and O–H groups in total. The molecule has 0 spiro atoms. The summed E-state index contributed by atoms with van der Waals surface area (Å²) in [6, 6.07) is 8.15. The minimum atomic E-state index is -4.64. The predicted octanol–water partition coefficient (Wildman–Crippen LogP) is 6.14. The van der Waals surface area contributed by atoms with Gasteiger partial charge in [-0.05, 0) is 53.2 Å². The van der Waals surface area contributed by atoms with E-state index in [0.717, 1.165) is 24.3 Å². The van der Waals surface area contributed by atoms with E-state index in [4.69, 9.17) is 4.42 Å². The highest BCUT2D eigenvalue weighted by Gasteiger charge is 2.31. The van der Waals surface area contributed by atoms with Crippen molar-refractivity contribution in [2.75, 3.05) is 0 Å². The molecule has 0 bridgehead atoms. The summed E-state index contributed by atoms with van der Waals surface area (Å²) in [5, 5.41) is 0.165. The Kier molecular flexibility index (Phi) is 3.53. The quantitative estimate of drug-likeness (QED) is 0.270. The van der Waals surface area contributed by atoms with Crippen LogP contribution in [0.15, 0.2) is 57.7 Å². The third kappa shape index (κ3) is 2.90. The molecule has 0 amide bonds. The smallest absolute Gasteiger partial charge is 0.416 e. The van der Waals surface area contributed by atoms with Crippen molar-refractivity contribution in [3.63, 3.8) is 0 Å². The van der Waals surface area contributed by atoms with Crippen molar-refractivity contribution in [3.8, 4) is 0 Å². The maximum Gasteiger partial charge on any atom is 0.416 e. The SMILES string of the molecule is O=c1c2cc(C(F)(F)F)ccc2oc2cc3ccc(C(F)(F)F)cc3cc12. The van der Waals surface area contributed by atoms with E-state index in [1.165, 1.54) is 18.2 Å². The van der Waals surface area contributed by atoms with Gasteiger partial charge in [-0.3, -0.25) is 4.79 Å². The Morgan fingerprint density at radius 1 is 0.630 bits per heavy atom. The largest absolute Gasteiger partial charge is 0.456 e. The van der Waals surface area contributed by atoms with Crippen molar-refractivity contribution in [2.24, 2.45) is 0 Å². The van der Waals surface area contributed by atoms with Gasteiger partial charge in [-0.15, -0.1) is 0 Å². The van der Waals surface area contributed by atoms with E-state index in [1.807, 2.05) is 0 Å². The molecule has 0 atom stereocenters. The molecule has 0 radical (unpaired) electrons. The average molecular weight is 382 g/mol. The van der Waals surface area contributed by atoms with Gasteiger partial charge < -0.3 is 4.42 Å². The van der Waals surface area contributed by atoms with Gasteiger partial charge in [0.1, 0.15) is 11.2 Å². The second-order valence-corrected chi connectivity index (χ2v) is 6.05. The standard InChI is InChI=1S/C19H8F6O2/c20-18(21,22)11-2-1-9-7-16-13(6-10(9)5-11)17(26)14-8-12(19(23,24)25)3-4-15(14)27-16/h1-8H. The van der Waals surface area contributed by atoms with E-state index in [1.54, 1.807) is 0 Å². The molecule has 0 aliphatic rings. The highest BCUT2D eigenvalue weighted by atomic mass is 19.4. The first-order valence-electron chi connectivity index (χ1n) is 7.63. The molecule has 0 aliphatic heterocycles. The molecule has 0 saturated carbocycles. The molecule has 1 heterocycles. The minimum Gasteiger partial charge on any atom is -0.456 e. The summed E-state index contributed by atoms with van der Waals surface area (Å²) in [4.78, 5) is 12.6. The fourth-order valence-corrected chi connectivity index (χ4v) is 2.95. The zero-order valence-electron chi connectivity index (χ0n) is 13.2. The van der Waals surface area contributed by atoms with Crippen LogP contribution in [0.5, 0.6) is 0 Å². The summed E-state index contributed by atoms with van der Waals surface area (Å²) < 4.78 is 82.8. The first-order valence-corrected chi connectivity index (χ1v) is 7.63. The van der Waals surface area contributed by atoms with Crippen LogP contribution in [0.1, 0.15) is 11.1 Å². The second-order valence-electron chi connectivity index (χ2n) is 6.05. The molecule has 27 heavy (non-hydrogen) atoms. The summed E-state index contributed by atoms with van der Waals surface area (Å²) in [6.45, 7) is 0. The normalized spacial score (nSPS) is 13.0. The molecule has 1 aromatic heterocycles. The molecule has 138 valence electrons. The topological polar surface area (TPSA) is 30.2 Å². The highest BCUT2D eigenvalue weighted by Crippen LogP contribution is 2.34. The van der Waals surface area contributed by atoms with E-state index < -0.39 is 28.9 Å². The maximum atomic E-state index is 12.9. The van der Waals surface area contributed by atoms with Gasteiger partial charge in [-0.2, -0.15) is 26.3 Å². The average Bonchev–Trinajstić information content (AvgIpc) is 2.58. The third-order valence-corrected chi connectivity index (χ3v) is 4.28. The Morgan fingerprint density at radius 3 is 1.89 bits per heavy atom. The van der Waals surface area contributed by atoms with Gasteiger partial charge >= 0.3 is 12.4 Å². The van der Waals surface area contributed by atoms with E-state index in [9.17, 15) is 31.1 Å². The van der Waals surface area contributed by atoms with Gasteiger partial charge in [0, 0.05) is 0 Å². The number of halogens is 6. The van der Waals surface area contributed by atoms with E-state index in [-0.39, 0.29) is 27.3 Å². The van der Waals surface area contributed by atoms with Crippen LogP contribution in [0, 0.1) is 0 Å². The van der Waals surface area contributed by atoms with Crippen LogP contribution in [-0.2, 0) is 12.4 Å². The second kappa shape index (κ2) is 5.48. The van der Waals surface area contributed by atoms with Crippen molar-refractivity contribution < 1.29 is 30.8 Å². The Hall–Kier alpha value is -3.03. The summed E-state index contributed by atoms with van der Waals surface area (Å²) >= 11 is 0. The molecular formula is C19H8F6O2. The van der Waals surface area contributed by atoms with Gasteiger partial charge in [0.15, 0.2) is 0 Å². The molecule has 3 aromatic carbocycles. The Bertz CT molecular complexity index is 1260. The maximum absolute atomic E-state index is 12.9. The molecule has 0 fully saturated rings. The highest BCUT2D eigenvalue weighted by molar-refractivity contribution is 5.99. The van der Waals surface area contributed by atoms with Crippen LogP contribution < -0.4 is 5.43 Å². The van der Waals surface area contributed by atoms with Crippen molar-refractivity contribution in [1.82, 2.24) is 0 Å². The lowest BCUT2D eigenvalue weighted by molar-refractivity contribution is -0.138. The lowest BCUT2D eigenvalue weighted by Crippen LogP contribution is -2.08. The van der Waals surface area contributed by atoms with Gasteiger partial charge in [-0.1, -0.05) is 6.07 Å². The lowest BCUT2D eigenvalue weighted by atomic mass is 10.0. The van der Waals surface area contributed by atoms with Crippen LogP contribution in [0.4, 0.5) is 26.3 Å². The molecule has 2 nitrogen and oxygen atoms in total. The molecule has 4 aromatic rings. The Balaban J connectivity index is 2.05. The number of benzene rings is 3. The lowest BCUT2D eigenvalue weighted by Gasteiger charge is -2.10. The fraction of sp³-hybridized carbons (Fsp3) is 0.105. The van der Waals surface area contributed by atoms with E-state index in [2.05, 4.69) is 0 Å². The van der Waals surface area contributed by atoms with Crippen molar-refractivity contribution in [1.29, 1.82) is 0 Å². The summed E-state index contributed by atoms with van der Waals surface area (Å²) in [5.74, 6) is 0. The van der Waals surface area contributed by atoms with Crippen LogP contribution in [0.2, 0.25) is 0 Å². The van der Waals surface area contributed by atoms with Crippen LogP contribution >= 0.6 is 0 Å². The van der Waals surface area contributed by atoms with Gasteiger partial charge in [0.25, 0.3) is 0 Å². The number of rotatable bonds is 0. The first kappa shape index (κ1) is 17.4. The Labute approximate surface area is 146 Å². The number of alkyl halides is 6. The zero-order valence-corrected chi connectivity index (χ0v) is 13.2. The third-order valence-electron chi connectivity index (χ3n) is 4.28. The van der Waals surface area contributed by atoms with Crippen LogP contribution in [0.3, 0.4) is 0 Å². The molecule has 0 unspecified atom stereocenters. The van der Waals surface area contributed by atoms with E-state index >= 15 is 0 Å².